The van der Waals surface area contributed by atoms with Crippen LogP contribution in [0.25, 0.3) is 10.2 Å². The molecule has 1 aliphatic rings. The van der Waals surface area contributed by atoms with Gasteiger partial charge in [0.05, 0.1) is 16.7 Å². The van der Waals surface area contributed by atoms with Crippen molar-refractivity contribution in [1.82, 2.24) is 9.55 Å². The number of aromatic nitrogens is 2. The highest BCUT2D eigenvalue weighted by atomic mass is 32.2. The van der Waals surface area contributed by atoms with Crippen LogP contribution in [-0.4, -0.2) is 14.8 Å². The number of aryl methyl sites for hydroxylation is 2. The van der Waals surface area contributed by atoms with Gasteiger partial charge in [-0.25, -0.2) is 4.98 Å². The third-order valence-electron chi connectivity index (χ3n) is 4.73. The van der Waals surface area contributed by atoms with Crippen LogP contribution >= 0.6 is 23.1 Å². The monoisotopic (exact) mass is 361 g/mol. The minimum absolute atomic E-state index is 0.0846. The fraction of sp³-hybridized carbons (Fsp3) is 0.611. The Bertz CT molecular complexity index is 847. The summed E-state index contributed by atoms with van der Waals surface area (Å²) < 4.78 is 1.82. The third-order valence-corrected chi connectivity index (χ3v) is 6.88. The number of fused-ring (bicyclic) bond motifs is 3. The summed E-state index contributed by atoms with van der Waals surface area (Å²) in [6.45, 7) is 5.99. The van der Waals surface area contributed by atoms with Gasteiger partial charge in [0.1, 0.15) is 4.83 Å². The molecule has 128 valence electrons. The van der Waals surface area contributed by atoms with E-state index in [-0.39, 0.29) is 16.9 Å². The van der Waals surface area contributed by atoms with E-state index in [0.29, 0.717) is 5.16 Å². The Balaban J connectivity index is 2.25. The molecular formula is C18H23N3OS2. The zero-order chi connectivity index (χ0) is 17.3. The zero-order valence-corrected chi connectivity index (χ0v) is 16.1. The van der Waals surface area contributed by atoms with Crippen LogP contribution in [0, 0.1) is 11.3 Å². The van der Waals surface area contributed by atoms with E-state index < -0.39 is 0 Å². The van der Waals surface area contributed by atoms with Crippen molar-refractivity contribution in [2.24, 2.45) is 0 Å². The predicted octanol–water partition coefficient (Wildman–Crippen LogP) is 4.70. The Morgan fingerprint density at radius 3 is 2.79 bits per heavy atom. The Morgan fingerprint density at radius 1 is 1.33 bits per heavy atom. The number of rotatable bonds is 4. The molecule has 2 heterocycles. The molecule has 2 aromatic heterocycles. The average molecular weight is 362 g/mol. The van der Waals surface area contributed by atoms with Gasteiger partial charge in [-0.1, -0.05) is 25.1 Å². The summed E-state index contributed by atoms with van der Waals surface area (Å²) in [5.74, 6) is 0. The van der Waals surface area contributed by atoms with Crippen LogP contribution in [0.3, 0.4) is 0 Å². The smallest absolute Gasteiger partial charge is 0.263 e. The quantitative estimate of drug-likeness (QED) is 0.450. The first-order valence-electron chi connectivity index (χ1n) is 8.69. The van der Waals surface area contributed by atoms with Crippen molar-refractivity contribution in [3.05, 3.63) is 20.8 Å². The molecule has 0 bridgehead atoms. The van der Waals surface area contributed by atoms with Crippen molar-refractivity contribution in [2.75, 3.05) is 0 Å². The zero-order valence-electron chi connectivity index (χ0n) is 14.5. The van der Waals surface area contributed by atoms with Crippen molar-refractivity contribution in [2.45, 2.75) is 75.7 Å². The number of thiophene rings is 1. The lowest BCUT2D eigenvalue weighted by Gasteiger charge is -2.18. The molecule has 0 aromatic carbocycles. The minimum Gasteiger partial charge on any atom is -0.284 e. The van der Waals surface area contributed by atoms with E-state index >= 15 is 0 Å². The molecular weight excluding hydrogens is 338 g/mol. The molecule has 24 heavy (non-hydrogen) atoms. The fourth-order valence-electron chi connectivity index (χ4n) is 3.21. The number of hydrogen-bond acceptors (Lipinski definition) is 5. The van der Waals surface area contributed by atoms with Gasteiger partial charge in [-0.15, -0.1) is 11.3 Å². The van der Waals surface area contributed by atoms with Crippen LogP contribution < -0.4 is 5.56 Å². The van der Waals surface area contributed by atoms with Crippen molar-refractivity contribution >= 4 is 33.3 Å². The SMILES string of the molecule is CCC(C)n1c(SC(C)C#N)nc2sc3c(c2c1=O)CCCCC3. The summed E-state index contributed by atoms with van der Waals surface area (Å²) in [4.78, 5) is 20.3. The second kappa shape index (κ2) is 7.28. The molecule has 0 aliphatic heterocycles. The van der Waals surface area contributed by atoms with E-state index in [2.05, 4.69) is 19.9 Å². The van der Waals surface area contributed by atoms with Gasteiger partial charge in [0, 0.05) is 10.9 Å². The number of thioether (sulfide) groups is 1. The molecule has 0 saturated heterocycles. The molecule has 0 amide bonds. The standard InChI is InChI=1S/C18H23N3OS2/c1-4-11(2)21-17(22)15-13-8-6-5-7-9-14(13)24-16(15)20-18(21)23-12(3)10-19/h11-12H,4-9H2,1-3H3. The summed E-state index contributed by atoms with van der Waals surface area (Å²) in [7, 11) is 0. The van der Waals surface area contributed by atoms with Gasteiger partial charge in [-0.2, -0.15) is 5.26 Å². The first-order valence-corrected chi connectivity index (χ1v) is 10.4. The normalized spacial score (nSPS) is 17.1. The maximum absolute atomic E-state index is 13.3. The first kappa shape index (κ1) is 17.5. The van der Waals surface area contributed by atoms with Crippen LogP contribution in [0.1, 0.15) is 62.9 Å². The highest BCUT2D eigenvalue weighted by molar-refractivity contribution is 8.00. The molecule has 3 rings (SSSR count). The Kier molecular flexibility index (Phi) is 5.31. The Morgan fingerprint density at radius 2 is 2.08 bits per heavy atom. The van der Waals surface area contributed by atoms with Crippen LogP contribution in [0.15, 0.2) is 9.95 Å². The third kappa shape index (κ3) is 3.12. The van der Waals surface area contributed by atoms with E-state index in [0.717, 1.165) is 35.9 Å². The average Bonchev–Trinajstić information content (AvgIpc) is 2.76. The molecule has 0 spiro atoms. The Labute approximate surface area is 150 Å². The number of nitriles is 1. The first-order chi connectivity index (χ1) is 11.6. The van der Waals surface area contributed by atoms with Gasteiger partial charge >= 0.3 is 0 Å². The molecule has 1 aliphatic carbocycles. The highest BCUT2D eigenvalue weighted by Gasteiger charge is 2.23. The van der Waals surface area contributed by atoms with Crippen molar-refractivity contribution < 1.29 is 0 Å². The predicted molar refractivity (Wildman–Crippen MR) is 101 cm³/mol. The van der Waals surface area contributed by atoms with Gasteiger partial charge in [-0.3, -0.25) is 9.36 Å². The summed E-state index contributed by atoms with van der Waals surface area (Å²) in [5.41, 5.74) is 1.33. The van der Waals surface area contributed by atoms with E-state index in [9.17, 15) is 4.79 Å². The molecule has 2 unspecified atom stereocenters. The van der Waals surface area contributed by atoms with Crippen LogP contribution in [0.5, 0.6) is 0 Å². The lowest BCUT2D eigenvalue weighted by Crippen LogP contribution is -2.26. The summed E-state index contributed by atoms with van der Waals surface area (Å²) >= 11 is 3.07. The minimum atomic E-state index is -0.220. The van der Waals surface area contributed by atoms with Crippen molar-refractivity contribution in [3.8, 4) is 6.07 Å². The fourth-order valence-corrected chi connectivity index (χ4v) is 5.41. The highest BCUT2D eigenvalue weighted by Crippen LogP contribution is 2.35. The van der Waals surface area contributed by atoms with E-state index in [1.807, 2.05) is 11.5 Å². The van der Waals surface area contributed by atoms with E-state index in [4.69, 9.17) is 10.2 Å². The molecule has 0 radical (unpaired) electrons. The lowest BCUT2D eigenvalue weighted by atomic mass is 10.1. The van der Waals surface area contributed by atoms with Gasteiger partial charge in [0.25, 0.3) is 5.56 Å². The van der Waals surface area contributed by atoms with Gasteiger partial charge < -0.3 is 0 Å². The van der Waals surface area contributed by atoms with Crippen LogP contribution in [0.4, 0.5) is 0 Å². The maximum atomic E-state index is 13.3. The topological polar surface area (TPSA) is 58.7 Å². The number of nitrogens with zero attached hydrogens (tertiary/aromatic N) is 3. The van der Waals surface area contributed by atoms with E-state index in [1.165, 1.54) is 35.0 Å². The van der Waals surface area contributed by atoms with Gasteiger partial charge in [0.15, 0.2) is 5.16 Å². The molecule has 2 atom stereocenters. The van der Waals surface area contributed by atoms with E-state index in [1.54, 1.807) is 11.3 Å². The molecule has 0 saturated carbocycles. The number of hydrogen-bond donors (Lipinski definition) is 0. The van der Waals surface area contributed by atoms with Gasteiger partial charge in [-0.05, 0) is 51.5 Å². The Hall–Kier alpha value is -1.32. The van der Waals surface area contributed by atoms with Crippen LogP contribution in [0.2, 0.25) is 0 Å². The molecule has 6 heteroatoms. The van der Waals surface area contributed by atoms with Gasteiger partial charge in [0.2, 0.25) is 0 Å². The second-order valence-electron chi connectivity index (χ2n) is 6.46. The molecule has 4 nitrogen and oxygen atoms in total. The second-order valence-corrected chi connectivity index (χ2v) is 8.85. The molecule has 0 fully saturated rings. The maximum Gasteiger partial charge on any atom is 0.263 e. The lowest BCUT2D eigenvalue weighted by molar-refractivity contribution is 0.468. The van der Waals surface area contributed by atoms with Crippen molar-refractivity contribution in [3.63, 3.8) is 0 Å². The summed E-state index contributed by atoms with van der Waals surface area (Å²) in [6, 6.07) is 2.32. The van der Waals surface area contributed by atoms with Crippen LogP contribution in [-0.2, 0) is 12.8 Å². The molecule has 2 aromatic rings. The summed E-state index contributed by atoms with van der Waals surface area (Å²) in [6.07, 6.45) is 6.53. The summed E-state index contributed by atoms with van der Waals surface area (Å²) in [5, 5.41) is 10.5. The molecule has 0 N–H and O–H groups in total. The van der Waals surface area contributed by atoms with Crippen molar-refractivity contribution in [1.29, 1.82) is 5.26 Å². The largest absolute Gasteiger partial charge is 0.284 e.